The molecule has 0 saturated heterocycles. The minimum atomic E-state index is -1.24. The monoisotopic (exact) mass is 239 g/mol. The zero-order valence-electron chi connectivity index (χ0n) is 8.85. The molecule has 0 aliphatic heterocycles. The molecule has 0 amide bonds. The van der Waals surface area contributed by atoms with Gasteiger partial charge in [0.2, 0.25) is 0 Å². The molecule has 88 valence electrons. The molecular formula is C12H8F3NO. The van der Waals surface area contributed by atoms with Gasteiger partial charge in [-0.2, -0.15) is 0 Å². The van der Waals surface area contributed by atoms with Gasteiger partial charge in [-0.15, -0.1) is 0 Å². The molecule has 0 radical (unpaired) electrons. The fraction of sp³-hybridized carbons (Fsp3) is 0.0833. The molecule has 2 aromatic rings. The van der Waals surface area contributed by atoms with E-state index in [1.54, 1.807) is 6.92 Å². The van der Waals surface area contributed by atoms with E-state index in [-0.39, 0.29) is 11.1 Å². The molecule has 0 atom stereocenters. The lowest BCUT2D eigenvalue weighted by atomic mass is 10.1. The standard InChI is InChI=1S/C12H8F3NO/c1-6-2-7(5-16-12(6)17)8-3-10(14)11(15)4-9(8)13/h2-5H,1H3,(H,16,17). The fourth-order valence-corrected chi connectivity index (χ4v) is 1.50. The molecule has 1 heterocycles. The zero-order valence-corrected chi connectivity index (χ0v) is 8.85. The number of rotatable bonds is 1. The molecule has 1 aromatic carbocycles. The van der Waals surface area contributed by atoms with Crippen molar-refractivity contribution in [2.45, 2.75) is 6.92 Å². The largest absolute Gasteiger partial charge is 0.328 e. The van der Waals surface area contributed by atoms with Crippen molar-refractivity contribution in [1.29, 1.82) is 0 Å². The van der Waals surface area contributed by atoms with Crippen molar-refractivity contribution in [3.8, 4) is 11.1 Å². The summed E-state index contributed by atoms with van der Waals surface area (Å²) in [5, 5.41) is 0. The predicted molar refractivity (Wildman–Crippen MR) is 57.1 cm³/mol. The number of pyridine rings is 1. The SMILES string of the molecule is Cc1cc(-c2cc(F)c(F)cc2F)c[nH]c1=O. The van der Waals surface area contributed by atoms with Crippen LogP contribution in [0.1, 0.15) is 5.56 Å². The Hall–Kier alpha value is -2.04. The molecule has 0 aliphatic carbocycles. The van der Waals surface area contributed by atoms with Crippen LogP contribution in [0.5, 0.6) is 0 Å². The van der Waals surface area contributed by atoms with Gasteiger partial charge >= 0.3 is 0 Å². The Morgan fingerprint density at radius 1 is 1.00 bits per heavy atom. The first-order valence-corrected chi connectivity index (χ1v) is 4.83. The van der Waals surface area contributed by atoms with Gasteiger partial charge < -0.3 is 4.98 Å². The summed E-state index contributed by atoms with van der Waals surface area (Å²) in [5.74, 6) is -3.26. The van der Waals surface area contributed by atoms with E-state index in [2.05, 4.69) is 4.98 Å². The first-order chi connectivity index (χ1) is 7.99. The third kappa shape index (κ3) is 2.08. The summed E-state index contributed by atoms with van der Waals surface area (Å²) >= 11 is 0. The maximum absolute atomic E-state index is 13.4. The average molecular weight is 239 g/mol. The lowest BCUT2D eigenvalue weighted by Gasteiger charge is -2.05. The van der Waals surface area contributed by atoms with Crippen LogP contribution in [0.3, 0.4) is 0 Å². The van der Waals surface area contributed by atoms with Gasteiger partial charge in [-0.1, -0.05) is 0 Å². The molecule has 0 aliphatic rings. The highest BCUT2D eigenvalue weighted by Crippen LogP contribution is 2.24. The number of benzene rings is 1. The van der Waals surface area contributed by atoms with Crippen LogP contribution in [0.15, 0.2) is 29.2 Å². The molecule has 17 heavy (non-hydrogen) atoms. The number of hydrogen-bond donors (Lipinski definition) is 1. The molecule has 1 N–H and O–H groups in total. The van der Waals surface area contributed by atoms with Crippen LogP contribution >= 0.6 is 0 Å². The first-order valence-electron chi connectivity index (χ1n) is 4.83. The number of H-pyrrole nitrogens is 1. The molecule has 5 heteroatoms. The molecule has 2 nitrogen and oxygen atoms in total. The second kappa shape index (κ2) is 4.08. The lowest BCUT2D eigenvalue weighted by Crippen LogP contribution is -2.08. The highest BCUT2D eigenvalue weighted by Gasteiger charge is 2.12. The van der Waals surface area contributed by atoms with Crippen molar-refractivity contribution < 1.29 is 13.2 Å². The number of aryl methyl sites for hydroxylation is 1. The third-order valence-corrected chi connectivity index (χ3v) is 2.41. The molecule has 0 bridgehead atoms. The second-order valence-electron chi connectivity index (χ2n) is 3.65. The average Bonchev–Trinajstić information content (AvgIpc) is 2.27. The van der Waals surface area contributed by atoms with Gasteiger partial charge in [0.15, 0.2) is 11.6 Å². The topological polar surface area (TPSA) is 32.9 Å². The van der Waals surface area contributed by atoms with Crippen LogP contribution in [0.25, 0.3) is 11.1 Å². The fourth-order valence-electron chi connectivity index (χ4n) is 1.50. The summed E-state index contributed by atoms with van der Waals surface area (Å²) < 4.78 is 39.2. The smallest absolute Gasteiger partial charge is 0.250 e. The van der Waals surface area contributed by atoms with Gasteiger partial charge in [-0.3, -0.25) is 4.79 Å². The molecule has 0 fully saturated rings. The molecule has 0 saturated carbocycles. The normalized spacial score (nSPS) is 10.6. The Bertz CT molecular complexity index is 634. The van der Waals surface area contributed by atoms with E-state index in [1.165, 1.54) is 12.3 Å². The van der Waals surface area contributed by atoms with Gasteiger partial charge in [-0.25, -0.2) is 13.2 Å². The Kier molecular flexibility index (Phi) is 2.75. The van der Waals surface area contributed by atoms with Crippen LogP contribution in [-0.2, 0) is 0 Å². The summed E-state index contributed by atoms with van der Waals surface area (Å²) in [6, 6.07) is 2.65. The first kappa shape index (κ1) is 11.4. The van der Waals surface area contributed by atoms with Gasteiger partial charge in [0.1, 0.15) is 5.82 Å². The minimum Gasteiger partial charge on any atom is -0.328 e. The lowest BCUT2D eigenvalue weighted by molar-refractivity contribution is 0.496. The van der Waals surface area contributed by atoms with E-state index in [0.29, 0.717) is 17.2 Å². The number of halogens is 3. The van der Waals surface area contributed by atoms with Crippen LogP contribution < -0.4 is 5.56 Å². The van der Waals surface area contributed by atoms with E-state index in [4.69, 9.17) is 0 Å². The molecule has 0 unspecified atom stereocenters. The van der Waals surface area contributed by atoms with Crippen LogP contribution in [0.2, 0.25) is 0 Å². The van der Waals surface area contributed by atoms with Crippen molar-refractivity contribution in [3.63, 3.8) is 0 Å². The van der Waals surface area contributed by atoms with E-state index < -0.39 is 17.5 Å². The van der Waals surface area contributed by atoms with E-state index in [9.17, 15) is 18.0 Å². The highest BCUT2D eigenvalue weighted by molar-refractivity contribution is 5.63. The summed E-state index contributed by atoms with van der Waals surface area (Å²) in [6.45, 7) is 1.54. The number of aromatic nitrogens is 1. The van der Waals surface area contributed by atoms with E-state index >= 15 is 0 Å². The Balaban J connectivity index is 2.64. The quantitative estimate of drug-likeness (QED) is 0.762. The number of nitrogens with one attached hydrogen (secondary N) is 1. The highest BCUT2D eigenvalue weighted by atomic mass is 19.2. The summed E-state index contributed by atoms with van der Waals surface area (Å²) in [6.07, 6.45) is 1.26. The van der Waals surface area contributed by atoms with Gasteiger partial charge in [0, 0.05) is 29.0 Å². The molecular weight excluding hydrogens is 231 g/mol. The van der Waals surface area contributed by atoms with Gasteiger partial charge in [0.05, 0.1) is 0 Å². The summed E-state index contributed by atoms with van der Waals surface area (Å²) in [7, 11) is 0. The van der Waals surface area contributed by atoms with E-state index in [0.717, 1.165) is 6.07 Å². The maximum atomic E-state index is 13.4. The van der Waals surface area contributed by atoms with Gasteiger partial charge in [-0.05, 0) is 19.1 Å². The Morgan fingerprint density at radius 2 is 1.65 bits per heavy atom. The van der Waals surface area contributed by atoms with Crippen molar-refractivity contribution >= 4 is 0 Å². The van der Waals surface area contributed by atoms with Crippen molar-refractivity contribution in [1.82, 2.24) is 4.98 Å². The third-order valence-electron chi connectivity index (χ3n) is 2.41. The Labute approximate surface area is 94.7 Å². The van der Waals surface area contributed by atoms with Crippen molar-refractivity contribution in [3.05, 3.63) is 57.8 Å². The zero-order chi connectivity index (χ0) is 12.6. The van der Waals surface area contributed by atoms with Gasteiger partial charge in [0.25, 0.3) is 5.56 Å². The summed E-state index contributed by atoms with van der Waals surface area (Å²) in [5.41, 5.74) is 0.255. The number of aromatic amines is 1. The maximum Gasteiger partial charge on any atom is 0.250 e. The van der Waals surface area contributed by atoms with E-state index in [1.807, 2.05) is 0 Å². The van der Waals surface area contributed by atoms with Crippen LogP contribution in [-0.4, -0.2) is 4.98 Å². The Morgan fingerprint density at radius 3 is 2.29 bits per heavy atom. The molecule has 0 spiro atoms. The van der Waals surface area contributed by atoms with Crippen LogP contribution in [0.4, 0.5) is 13.2 Å². The van der Waals surface area contributed by atoms with Crippen molar-refractivity contribution in [2.24, 2.45) is 0 Å². The van der Waals surface area contributed by atoms with Crippen molar-refractivity contribution in [2.75, 3.05) is 0 Å². The minimum absolute atomic E-state index is 0.0942. The predicted octanol–water partition coefficient (Wildman–Crippen LogP) is 2.77. The van der Waals surface area contributed by atoms with Crippen LogP contribution in [0, 0.1) is 24.4 Å². The number of hydrogen-bond acceptors (Lipinski definition) is 1. The molecule has 1 aromatic heterocycles. The molecule has 2 rings (SSSR count). The summed E-state index contributed by atoms with van der Waals surface area (Å²) in [4.78, 5) is 13.5. The second-order valence-corrected chi connectivity index (χ2v) is 3.65.